The average Bonchev–Trinajstić information content (AvgIpc) is 3.08. The number of hydrogen-bond acceptors (Lipinski definition) is 6. The van der Waals surface area contributed by atoms with E-state index in [2.05, 4.69) is 25.7 Å². The van der Waals surface area contributed by atoms with Gasteiger partial charge in [0.1, 0.15) is 0 Å². The smallest absolute Gasteiger partial charge is 0.251 e. The molecule has 3 aromatic rings. The Morgan fingerprint density at radius 2 is 2.00 bits per heavy atom. The highest BCUT2D eigenvalue weighted by Crippen LogP contribution is 2.23. The van der Waals surface area contributed by atoms with Gasteiger partial charge in [-0.1, -0.05) is 12.1 Å². The third kappa shape index (κ3) is 4.68. The summed E-state index contributed by atoms with van der Waals surface area (Å²) < 4.78 is 6.64. The number of amides is 1. The normalized spacial score (nSPS) is 10.6. The number of aryl methyl sites for hydroxylation is 2. The van der Waals surface area contributed by atoms with E-state index in [1.54, 1.807) is 36.3 Å². The van der Waals surface area contributed by atoms with Crippen molar-refractivity contribution in [3.63, 3.8) is 0 Å². The highest BCUT2D eigenvalue weighted by atomic mass is 16.5. The van der Waals surface area contributed by atoms with Crippen molar-refractivity contribution in [1.29, 1.82) is 0 Å². The summed E-state index contributed by atoms with van der Waals surface area (Å²) in [6.07, 6.45) is 5.33. The van der Waals surface area contributed by atoms with Crippen molar-refractivity contribution < 1.29 is 9.53 Å². The van der Waals surface area contributed by atoms with Gasteiger partial charge in [-0.15, -0.1) is 0 Å². The molecule has 2 N–H and O–H groups in total. The van der Waals surface area contributed by atoms with E-state index in [9.17, 15) is 4.79 Å². The van der Waals surface area contributed by atoms with Crippen LogP contribution in [0.5, 0.6) is 0 Å². The van der Waals surface area contributed by atoms with Crippen LogP contribution in [-0.4, -0.2) is 45.9 Å². The molecule has 0 unspecified atom stereocenters. The first kappa shape index (κ1) is 18.5. The molecule has 140 valence electrons. The van der Waals surface area contributed by atoms with Crippen molar-refractivity contribution in [3.05, 3.63) is 54.0 Å². The molecule has 8 nitrogen and oxygen atoms in total. The molecule has 1 aromatic carbocycles. The first-order valence-electron chi connectivity index (χ1n) is 8.53. The van der Waals surface area contributed by atoms with Crippen LogP contribution in [0.2, 0.25) is 0 Å². The van der Waals surface area contributed by atoms with Crippen LogP contribution >= 0.6 is 0 Å². The number of rotatable bonds is 7. The molecular weight excluding hydrogens is 344 g/mol. The second-order valence-corrected chi connectivity index (χ2v) is 6.08. The molecule has 0 aliphatic rings. The fraction of sp³-hybridized carbons (Fsp3) is 0.263. The maximum atomic E-state index is 12.1. The van der Waals surface area contributed by atoms with E-state index in [-0.39, 0.29) is 5.91 Å². The largest absolute Gasteiger partial charge is 0.383 e. The first-order valence-corrected chi connectivity index (χ1v) is 8.53. The lowest BCUT2D eigenvalue weighted by Crippen LogP contribution is -2.26. The van der Waals surface area contributed by atoms with Gasteiger partial charge in [-0.05, 0) is 24.6 Å². The van der Waals surface area contributed by atoms with E-state index in [1.165, 1.54) is 0 Å². The zero-order valence-electron chi connectivity index (χ0n) is 15.6. The zero-order valence-corrected chi connectivity index (χ0v) is 15.6. The molecule has 2 aromatic heterocycles. The van der Waals surface area contributed by atoms with E-state index < -0.39 is 0 Å². The van der Waals surface area contributed by atoms with Crippen LogP contribution in [0.4, 0.5) is 11.6 Å². The van der Waals surface area contributed by atoms with E-state index in [1.807, 2.05) is 32.3 Å². The van der Waals surface area contributed by atoms with Crippen LogP contribution in [-0.2, 0) is 11.8 Å². The molecule has 8 heteroatoms. The van der Waals surface area contributed by atoms with Gasteiger partial charge in [0, 0.05) is 44.2 Å². The van der Waals surface area contributed by atoms with E-state index in [0.29, 0.717) is 24.7 Å². The number of anilines is 2. The third-order valence-corrected chi connectivity index (χ3v) is 3.94. The van der Waals surface area contributed by atoms with Crippen molar-refractivity contribution >= 4 is 17.5 Å². The fourth-order valence-electron chi connectivity index (χ4n) is 2.56. The Bertz CT molecular complexity index is 920. The quantitative estimate of drug-likeness (QED) is 0.623. The van der Waals surface area contributed by atoms with Crippen molar-refractivity contribution in [2.45, 2.75) is 6.92 Å². The lowest BCUT2D eigenvalue weighted by atomic mass is 10.1. The molecule has 2 heterocycles. The number of carbonyl (C=O) groups is 1. The van der Waals surface area contributed by atoms with Gasteiger partial charge in [0.15, 0.2) is 0 Å². The van der Waals surface area contributed by atoms with Crippen molar-refractivity contribution in [3.8, 4) is 11.3 Å². The number of benzene rings is 1. The maximum Gasteiger partial charge on any atom is 0.251 e. The summed E-state index contributed by atoms with van der Waals surface area (Å²) in [4.78, 5) is 21.0. The SMILES string of the molecule is COCCNC(=O)c1ccc(-c2nc(Nc3cnn(C)c3)ncc2C)cc1. The number of aromatic nitrogens is 4. The number of methoxy groups -OCH3 is 1. The Kier molecular flexibility index (Phi) is 5.77. The molecule has 0 aliphatic carbocycles. The Morgan fingerprint density at radius 1 is 1.22 bits per heavy atom. The molecule has 0 atom stereocenters. The average molecular weight is 366 g/mol. The van der Waals surface area contributed by atoms with Crippen LogP contribution in [0, 0.1) is 6.92 Å². The molecule has 0 spiro atoms. The molecule has 27 heavy (non-hydrogen) atoms. The summed E-state index contributed by atoms with van der Waals surface area (Å²) in [6.45, 7) is 2.91. The Morgan fingerprint density at radius 3 is 2.67 bits per heavy atom. The molecular formula is C19H22N6O2. The minimum atomic E-state index is -0.128. The van der Waals surface area contributed by atoms with Crippen LogP contribution in [0.1, 0.15) is 15.9 Å². The van der Waals surface area contributed by atoms with E-state index in [0.717, 1.165) is 22.5 Å². The predicted molar refractivity (Wildman–Crippen MR) is 103 cm³/mol. The highest BCUT2D eigenvalue weighted by molar-refractivity contribution is 5.94. The predicted octanol–water partition coefficient (Wildman–Crippen LogP) is 2.31. The van der Waals surface area contributed by atoms with Gasteiger partial charge in [-0.25, -0.2) is 9.97 Å². The molecule has 0 saturated carbocycles. The van der Waals surface area contributed by atoms with E-state index in [4.69, 9.17) is 4.74 Å². The summed E-state index contributed by atoms with van der Waals surface area (Å²) in [7, 11) is 3.45. The molecule has 1 amide bonds. The van der Waals surface area contributed by atoms with Crippen molar-refractivity contribution in [2.24, 2.45) is 7.05 Å². The highest BCUT2D eigenvalue weighted by Gasteiger charge is 2.10. The summed E-state index contributed by atoms with van der Waals surface area (Å²) in [5, 5.41) is 10.1. The van der Waals surface area contributed by atoms with Crippen molar-refractivity contribution in [1.82, 2.24) is 25.1 Å². The molecule has 0 saturated heterocycles. The van der Waals surface area contributed by atoms with Gasteiger partial charge in [-0.3, -0.25) is 9.48 Å². The zero-order chi connectivity index (χ0) is 19.2. The molecule has 0 bridgehead atoms. The third-order valence-electron chi connectivity index (χ3n) is 3.94. The first-order chi connectivity index (χ1) is 13.1. The number of nitrogens with zero attached hydrogens (tertiary/aromatic N) is 4. The van der Waals surface area contributed by atoms with Crippen molar-refractivity contribution in [2.75, 3.05) is 25.6 Å². The second kappa shape index (κ2) is 8.41. The fourth-order valence-corrected chi connectivity index (χ4v) is 2.56. The summed E-state index contributed by atoms with van der Waals surface area (Å²) in [5.41, 5.74) is 4.08. The van der Waals surface area contributed by atoms with Gasteiger partial charge in [-0.2, -0.15) is 5.10 Å². The number of hydrogen-bond donors (Lipinski definition) is 2. The monoisotopic (exact) mass is 366 g/mol. The maximum absolute atomic E-state index is 12.1. The minimum absolute atomic E-state index is 0.128. The van der Waals surface area contributed by atoms with E-state index >= 15 is 0 Å². The Balaban J connectivity index is 1.77. The topological polar surface area (TPSA) is 94.0 Å². The lowest BCUT2D eigenvalue weighted by molar-refractivity contribution is 0.0937. The number of carbonyl (C=O) groups excluding carboxylic acids is 1. The Hall–Kier alpha value is -3.26. The van der Waals surface area contributed by atoms with Gasteiger partial charge in [0.25, 0.3) is 5.91 Å². The lowest BCUT2D eigenvalue weighted by Gasteiger charge is -2.09. The van der Waals surface area contributed by atoms with Gasteiger partial charge in [0.05, 0.1) is 24.2 Å². The molecule has 0 radical (unpaired) electrons. The summed E-state index contributed by atoms with van der Waals surface area (Å²) in [6, 6.07) is 7.34. The second-order valence-electron chi connectivity index (χ2n) is 6.08. The Labute approximate surface area is 157 Å². The van der Waals surface area contributed by atoms with Gasteiger partial charge < -0.3 is 15.4 Å². The van der Waals surface area contributed by atoms with Crippen LogP contribution in [0.25, 0.3) is 11.3 Å². The van der Waals surface area contributed by atoms with Gasteiger partial charge >= 0.3 is 0 Å². The van der Waals surface area contributed by atoms with Crippen LogP contribution < -0.4 is 10.6 Å². The molecule has 0 fully saturated rings. The number of ether oxygens (including phenoxy) is 1. The van der Waals surface area contributed by atoms with Crippen LogP contribution in [0.3, 0.4) is 0 Å². The van der Waals surface area contributed by atoms with Crippen LogP contribution in [0.15, 0.2) is 42.9 Å². The number of nitrogens with one attached hydrogen (secondary N) is 2. The summed E-state index contributed by atoms with van der Waals surface area (Å²) in [5.74, 6) is 0.363. The van der Waals surface area contributed by atoms with Gasteiger partial charge in [0.2, 0.25) is 5.95 Å². The molecule has 0 aliphatic heterocycles. The molecule has 3 rings (SSSR count). The minimum Gasteiger partial charge on any atom is -0.383 e. The summed E-state index contributed by atoms with van der Waals surface area (Å²) >= 11 is 0. The standard InChI is InChI=1S/C19H22N6O2/c1-13-10-21-19(23-16-11-22-25(2)12-16)24-17(13)14-4-6-15(7-5-14)18(26)20-8-9-27-3/h4-7,10-12H,8-9H2,1-3H3,(H,20,26)(H,21,23,24).